The van der Waals surface area contributed by atoms with E-state index in [1.54, 1.807) is 7.11 Å². The van der Waals surface area contributed by atoms with Gasteiger partial charge < -0.3 is 25.2 Å². The molecule has 0 aromatic heterocycles. The van der Waals surface area contributed by atoms with E-state index >= 15 is 0 Å². The van der Waals surface area contributed by atoms with E-state index in [0.717, 1.165) is 32.1 Å². The molecule has 0 heterocycles. The summed E-state index contributed by atoms with van der Waals surface area (Å²) in [7, 11) is 1.76. The second-order valence-corrected chi connectivity index (χ2v) is 14.8. The molecule has 4 fully saturated rings. The van der Waals surface area contributed by atoms with Crippen LogP contribution < -0.4 is 0 Å². The van der Waals surface area contributed by atoms with Crippen molar-refractivity contribution in [2.75, 3.05) is 13.7 Å². The summed E-state index contributed by atoms with van der Waals surface area (Å²) in [6.07, 6.45) is 5.76. The zero-order valence-electron chi connectivity index (χ0n) is 24.0. The fraction of sp³-hybridized carbons (Fsp3) is 0.903. The lowest BCUT2D eigenvalue weighted by Gasteiger charge is -2.72. The number of hydrogen-bond donors (Lipinski definition) is 4. The average molecular weight is 519 g/mol. The SMILES string of the molecule is COC1C=C2C3C(C)C(C)CCC3(C(=O)O)CCC2(C)C2(C)CCC3C(C)(CO)C(O)C(O)CC3(C)C12. The van der Waals surface area contributed by atoms with Crippen LogP contribution in [0.5, 0.6) is 0 Å². The first-order chi connectivity index (χ1) is 17.2. The third-order valence-electron chi connectivity index (χ3n) is 13.7. The number of carboxylic acid groups (broad SMARTS) is 1. The molecular formula is C31H50O6. The standard InChI is InChI=1S/C31H50O6/c1-17-8-11-31(26(35)36)13-12-29(5)19(23(31)18(17)2)14-21(37-7)24-27(3)15-20(33)25(34)28(4,16-32)22(27)9-10-30(24,29)6/h14,17-18,20-25,32-34H,8-13,15-16H2,1-7H3,(H,35,36). The molecule has 13 atom stereocenters. The molecule has 4 N–H and O–H groups in total. The van der Waals surface area contributed by atoms with E-state index in [0.29, 0.717) is 18.8 Å². The lowest BCUT2D eigenvalue weighted by molar-refractivity contribution is -0.260. The lowest BCUT2D eigenvalue weighted by Crippen LogP contribution is -2.70. The Kier molecular flexibility index (Phi) is 6.36. The molecule has 5 aliphatic carbocycles. The van der Waals surface area contributed by atoms with Crippen molar-refractivity contribution >= 4 is 5.97 Å². The monoisotopic (exact) mass is 518 g/mol. The highest BCUT2D eigenvalue weighted by Crippen LogP contribution is 2.76. The minimum atomic E-state index is -0.957. The van der Waals surface area contributed by atoms with Crippen LogP contribution in [0.3, 0.4) is 0 Å². The number of aliphatic hydroxyl groups is 3. The third kappa shape index (κ3) is 3.22. The van der Waals surface area contributed by atoms with Gasteiger partial charge in [0, 0.05) is 18.4 Å². The van der Waals surface area contributed by atoms with Crippen LogP contribution in [0.25, 0.3) is 0 Å². The maximum atomic E-state index is 12.9. The maximum Gasteiger partial charge on any atom is 0.310 e. The number of ether oxygens (including phenoxy) is 1. The zero-order valence-corrected chi connectivity index (χ0v) is 24.0. The molecule has 6 heteroatoms. The van der Waals surface area contributed by atoms with Crippen LogP contribution >= 0.6 is 0 Å². The first-order valence-corrected chi connectivity index (χ1v) is 14.6. The van der Waals surface area contributed by atoms with Crippen LogP contribution in [0.4, 0.5) is 0 Å². The highest BCUT2D eigenvalue weighted by molar-refractivity contribution is 5.76. The van der Waals surface area contributed by atoms with Gasteiger partial charge in [-0.15, -0.1) is 0 Å². The van der Waals surface area contributed by atoms with Gasteiger partial charge in [-0.3, -0.25) is 4.79 Å². The molecule has 13 unspecified atom stereocenters. The number of aliphatic carboxylic acids is 1. The summed E-state index contributed by atoms with van der Waals surface area (Å²) in [5.74, 6) is 0.242. The summed E-state index contributed by atoms with van der Waals surface area (Å²) in [5.41, 5.74) is -0.870. The second-order valence-electron chi connectivity index (χ2n) is 14.8. The topological polar surface area (TPSA) is 107 Å². The summed E-state index contributed by atoms with van der Waals surface area (Å²) >= 11 is 0. The van der Waals surface area contributed by atoms with Gasteiger partial charge in [0.25, 0.3) is 0 Å². The molecule has 6 nitrogen and oxygen atoms in total. The highest BCUT2D eigenvalue weighted by atomic mass is 16.5. The molecule has 0 saturated heterocycles. The number of aliphatic hydroxyl groups excluding tert-OH is 3. The van der Waals surface area contributed by atoms with Gasteiger partial charge in [-0.1, -0.05) is 53.2 Å². The van der Waals surface area contributed by atoms with Crippen molar-refractivity contribution in [3.8, 4) is 0 Å². The number of hydrogen-bond acceptors (Lipinski definition) is 5. The van der Waals surface area contributed by atoms with E-state index in [2.05, 4.69) is 40.7 Å². The largest absolute Gasteiger partial charge is 0.481 e. The van der Waals surface area contributed by atoms with E-state index in [9.17, 15) is 25.2 Å². The summed E-state index contributed by atoms with van der Waals surface area (Å²) in [6, 6.07) is 0. The Hall–Kier alpha value is -0.950. The molecule has 0 aromatic rings. The first-order valence-electron chi connectivity index (χ1n) is 14.6. The summed E-state index contributed by atoms with van der Waals surface area (Å²) in [5, 5.41) is 43.3. The van der Waals surface area contributed by atoms with Gasteiger partial charge in [0.2, 0.25) is 0 Å². The predicted octanol–water partition coefficient (Wildman–Crippen LogP) is 4.66. The quantitative estimate of drug-likeness (QED) is 0.405. The second kappa shape index (κ2) is 8.52. The molecule has 0 spiro atoms. The average Bonchev–Trinajstić information content (AvgIpc) is 2.84. The molecule has 5 rings (SSSR count). The summed E-state index contributed by atoms with van der Waals surface area (Å²) in [6.45, 7) is 13.4. The normalized spacial score (nSPS) is 57.3. The van der Waals surface area contributed by atoms with Gasteiger partial charge in [0.1, 0.15) is 0 Å². The Bertz CT molecular complexity index is 979. The van der Waals surface area contributed by atoms with E-state index in [1.165, 1.54) is 5.57 Å². The molecule has 5 aliphatic rings. The zero-order chi connectivity index (χ0) is 27.3. The third-order valence-corrected chi connectivity index (χ3v) is 13.7. The van der Waals surface area contributed by atoms with Gasteiger partial charge in [0.15, 0.2) is 0 Å². The van der Waals surface area contributed by atoms with Crippen molar-refractivity contribution in [3.63, 3.8) is 0 Å². The van der Waals surface area contributed by atoms with Crippen LogP contribution in [0.2, 0.25) is 0 Å². The summed E-state index contributed by atoms with van der Waals surface area (Å²) in [4.78, 5) is 12.9. The molecular weight excluding hydrogens is 468 g/mol. The number of methoxy groups -OCH3 is 1. The number of rotatable bonds is 3. The molecule has 0 aromatic carbocycles. The first kappa shape index (κ1) is 27.6. The molecule has 0 aliphatic heterocycles. The number of carboxylic acids is 1. The van der Waals surface area contributed by atoms with Crippen molar-refractivity contribution in [1.82, 2.24) is 0 Å². The fourth-order valence-electron chi connectivity index (χ4n) is 11.3. The van der Waals surface area contributed by atoms with E-state index in [1.807, 2.05) is 6.92 Å². The van der Waals surface area contributed by atoms with Crippen LogP contribution in [0.1, 0.15) is 86.5 Å². The van der Waals surface area contributed by atoms with E-state index in [-0.39, 0.29) is 52.6 Å². The molecule has 37 heavy (non-hydrogen) atoms. The Morgan fingerprint density at radius 3 is 2.32 bits per heavy atom. The van der Waals surface area contributed by atoms with E-state index in [4.69, 9.17) is 4.74 Å². The Morgan fingerprint density at radius 2 is 1.73 bits per heavy atom. The van der Waals surface area contributed by atoms with E-state index < -0.39 is 29.0 Å². The van der Waals surface area contributed by atoms with Gasteiger partial charge in [-0.2, -0.15) is 0 Å². The van der Waals surface area contributed by atoms with Crippen molar-refractivity contribution < 1.29 is 30.0 Å². The highest BCUT2D eigenvalue weighted by Gasteiger charge is 2.72. The minimum absolute atomic E-state index is 0.00469. The smallest absolute Gasteiger partial charge is 0.310 e. The number of fused-ring (bicyclic) bond motifs is 7. The van der Waals surface area contributed by atoms with Gasteiger partial charge in [-0.25, -0.2) is 0 Å². The van der Waals surface area contributed by atoms with Crippen molar-refractivity contribution in [3.05, 3.63) is 11.6 Å². The number of allylic oxidation sites excluding steroid dienone is 1. The van der Waals surface area contributed by atoms with Crippen LogP contribution in [0.15, 0.2) is 11.6 Å². The molecule has 0 amide bonds. The molecule has 4 saturated carbocycles. The van der Waals surface area contributed by atoms with Crippen LogP contribution in [0, 0.1) is 56.7 Å². The summed E-state index contributed by atoms with van der Waals surface area (Å²) < 4.78 is 6.30. The van der Waals surface area contributed by atoms with Crippen LogP contribution in [-0.4, -0.2) is 58.4 Å². The lowest BCUT2D eigenvalue weighted by atomic mass is 9.32. The molecule has 210 valence electrons. The Morgan fingerprint density at radius 1 is 1.05 bits per heavy atom. The van der Waals surface area contributed by atoms with Crippen LogP contribution in [-0.2, 0) is 9.53 Å². The minimum Gasteiger partial charge on any atom is -0.481 e. The molecule has 0 bridgehead atoms. The van der Waals surface area contributed by atoms with Crippen molar-refractivity contribution in [1.29, 1.82) is 0 Å². The number of carbonyl (C=O) groups is 1. The fourth-order valence-corrected chi connectivity index (χ4v) is 11.3. The van der Waals surface area contributed by atoms with Crippen molar-refractivity contribution in [2.24, 2.45) is 56.7 Å². The van der Waals surface area contributed by atoms with Gasteiger partial charge >= 0.3 is 5.97 Å². The van der Waals surface area contributed by atoms with Gasteiger partial charge in [0.05, 0.1) is 30.3 Å². The maximum absolute atomic E-state index is 12.9. The molecule has 0 radical (unpaired) electrons. The van der Waals surface area contributed by atoms with Gasteiger partial charge in [-0.05, 0) is 84.9 Å². The Labute approximate surface area is 222 Å². The predicted molar refractivity (Wildman–Crippen MR) is 142 cm³/mol. The Balaban J connectivity index is 1.69. The van der Waals surface area contributed by atoms with Crippen molar-refractivity contribution in [2.45, 2.75) is 105 Å².